The Morgan fingerprint density at radius 1 is 1.24 bits per heavy atom. The number of amides is 2. The maximum Gasteiger partial charge on any atom is 0.327 e. The fourth-order valence-corrected chi connectivity index (χ4v) is 6.10. The van der Waals surface area contributed by atoms with E-state index in [1.807, 2.05) is 9.80 Å². The lowest BCUT2D eigenvalue weighted by molar-refractivity contribution is -0.138. The molecule has 8 nitrogen and oxygen atoms in total. The number of rotatable bonds is 6. The quantitative estimate of drug-likeness (QED) is 0.635. The molecule has 8 heteroatoms. The van der Waals surface area contributed by atoms with Crippen LogP contribution in [-0.2, 0) is 4.79 Å². The van der Waals surface area contributed by atoms with Crippen molar-refractivity contribution in [3.63, 3.8) is 0 Å². The predicted molar refractivity (Wildman–Crippen MR) is 108 cm³/mol. The van der Waals surface area contributed by atoms with E-state index in [1.165, 1.54) is 0 Å². The number of carbonyl (C=O) groups is 2. The first-order chi connectivity index (χ1) is 14.0. The minimum atomic E-state index is -0.685. The lowest BCUT2D eigenvalue weighted by Crippen LogP contribution is -2.53. The van der Waals surface area contributed by atoms with Crippen LogP contribution in [0.5, 0.6) is 0 Å². The number of carbonyl (C=O) groups excluding carboxylic acids is 1. The lowest BCUT2D eigenvalue weighted by atomic mass is 9.52. The molecular formula is C21H31N5O3. The monoisotopic (exact) mass is 401 g/mol. The average Bonchev–Trinajstić information content (AvgIpc) is 3.39. The summed E-state index contributed by atoms with van der Waals surface area (Å²) in [6.07, 6.45) is 8.19. The summed E-state index contributed by atoms with van der Waals surface area (Å²) < 4.78 is 0. The van der Waals surface area contributed by atoms with Gasteiger partial charge in [-0.3, -0.25) is 14.6 Å². The predicted octanol–water partition coefficient (Wildman–Crippen LogP) is 2.44. The Hall–Kier alpha value is -2.25. The molecule has 1 unspecified atom stereocenters. The first-order valence-electron chi connectivity index (χ1n) is 11.1. The van der Waals surface area contributed by atoms with Crippen LogP contribution in [0.15, 0.2) is 16.5 Å². The molecule has 29 heavy (non-hydrogen) atoms. The number of aliphatic imine (C=N–C) groups is 1. The van der Waals surface area contributed by atoms with Crippen molar-refractivity contribution in [2.75, 3.05) is 19.6 Å². The van der Waals surface area contributed by atoms with E-state index in [0.717, 1.165) is 75.3 Å². The third kappa shape index (κ3) is 2.82. The highest BCUT2D eigenvalue weighted by Crippen LogP contribution is 2.59. The first kappa shape index (κ1) is 18.8. The van der Waals surface area contributed by atoms with Crippen LogP contribution in [0.4, 0.5) is 4.79 Å². The van der Waals surface area contributed by atoms with E-state index in [9.17, 15) is 9.59 Å². The molecule has 158 valence electrons. The molecule has 3 aliphatic carbocycles. The second-order valence-electron chi connectivity index (χ2n) is 9.47. The van der Waals surface area contributed by atoms with Gasteiger partial charge in [0.25, 0.3) is 0 Å². The minimum absolute atomic E-state index is 0.0558. The van der Waals surface area contributed by atoms with Gasteiger partial charge in [0.15, 0.2) is 6.17 Å². The van der Waals surface area contributed by atoms with E-state index in [-0.39, 0.29) is 29.4 Å². The molecule has 3 saturated carbocycles. The largest absolute Gasteiger partial charge is 0.481 e. The Labute approximate surface area is 171 Å². The van der Waals surface area contributed by atoms with E-state index >= 15 is 0 Å². The Bertz CT molecular complexity index is 780. The molecule has 6 aliphatic rings. The second kappa shape index (κ2) is 6.64. The van der Waals surface area contributed by atoms with Crippen molar-refractivity contribution in [1.82, 2.24) is 20.4 Å². The molecule has 2 bridgehead atoms. The number of hydrogen-bond acceptors (Lipinski definition) is 5. The second-order valence-corrected chi connectivity index (χ2v) is 9.47. The van der Waals surface area contributed by atoms with Gasteiger partial charge in [-0.05, 0) is 56.8 Å². The third-order valence-corrected chi connectivity index (χ3v) is 7.93. The molecule has 6 rings (SSSR count). The maximum atomic E-state index is 13.0. The maximum absolute atomic E-state index is 13.0. The summed E-state index contributed by atoms with van der Waals surface area (Å²) in [4.78, 5) is 32.9. The number of amidine groups is 1. The smallest absolute Gasteiger partial charge is 0.327 e. The molecule has 0 aromatic heterocycles. The molecule has 1 atom stereocenters. The molecule has 0 radical (unpaired) electrons. The van der Waals surface area contributed by atoms with Crippen LogP contribution in [-0.4, -0.2) is 58.5 Å². The molecule has 0 aromatic carbocycles. The summed E-state index contributed by atoms with van der Waals surface area (Å²) in [5.41, 5.74) is 1.30. The van der Waals surface area contributed by atoms with Crippen molar-refractivity contribution < 1.29 is 14.7 Å². The summed E-state index contributed by atoms with van der Waals surface area (Å²) in [7, 11) is 0. The van der Waals surface area contributed by atoms with Gasteiger partial charge in [-0.2, -0.15) is 0 Å². The summed E-state index contributed by atoms with van der Waals surface area (Å²) in [6, 6.07) is 0.0601. The zero-order valence-corrected chi connectivity index (χ0v) is 17.2. The Balaban J connectivity index is 1.39. The number of carboxylic acid groups (broad SMARTS) is 1. The van der Waals surface area contributed by atoms with Gasteiger partial charge in [0, 0.05) is 31.5 Å². The summed E-state index contributed by atoms with van der Waals surface area (Å²) in [5, 5.41) is 16.1. The van der Waals surface area contributed by atoms with Gasteiger partial charge in [-0.1, -0.05) is 6.92 Å². The van der Waals surface area contributed by atoms with E-state index in [0.29, 0.717) is 13.1 Å². The highest BCUT2D eigenvalue weighted by molar-refractivity contribution is 5.94. The first-order valence-corrected chi connectivity index (χ1v) is 11.1. The fraction of sp³-hybridized carbons (Fsp3) is 0.762. The average molecular weight is 402 g/mol. The minimum Gasteiger partial charge on any atom is -0.481 e. The molecule has 3 N–H and O–H groups in total. The van der Waals surface area contributed by atoms with Crippen LogP contribution in [0, 0.1) is 10.8 Å². The molecular weight excluding hydrogens is 370 g/mol. The van der Waals surface area contributed by atoms with Gasteiger partial charge in [0.1, 0.15) is 17.4 Å². The van der Waals surface area contributed by atoms with Crippen LogP contribution in [0.3, 0.4) is 0 Å². The van der Waals surface area contributed by atoms with E-state index in [1.54, 1.807) is 0 Å². The molecule has 4 fully saturated rings. The van der Waals surface area contributed by atoms with Crippen molar-refractivity contribution in [3.05, 3.63) is 11.5 Å². The number of aliphatic carboxylic acids is 1. The van der Waals surface area contributed by atoms with Gasteiger partial charge >= 0.3 is 12.0 Å². The molecule has 0 spiro atoms. The number of carboxylic acids is 1. The number of urea groups is 1. The van der Waals surface area contributed by atoms with Crippen molar-refractivity contribution >= 4 is 17.8 Å². The standard InChI is InChI=1S/C21H31N5O3/c1-2-12-25-17-15(16-22-11-13-26(16)19(25)29)23-18(24-17)21-8-5-20(6-9-21,7-10-21)4-3-14(27)28/h17,22H,2-13H2,1H3,(H,23,24)(H,27,28). The highest BCUT2D eigenvalue weighted by Gasteiger charge is 2.54. The molecule has 0 aromatic rings. The van der Waals surface area contributed by atoms with Crippen molar-refractivity contribution in [3.8, 4) is 0 Å². The fourth-order valence-electron chi connectivity index (χ4n) is 6.10. The molecule has 1 saturated heterocycles. The van der Waals surface area contributed by atoms with E-state index in [2.05, 4.69) is 17.6 Å². The molecule has 3 aliphatic heterocycles. The van der Waals surface area contributed by atoms with Gasteiger partial charge in [-0.15, -0.1) is 0 Å². The Morgan fingerprint density at radius 3 is 2.62 bits per heavy atom. The van der Waals surface area contributed by atoms with Crippen LogP contribution in [0.1, 0.15) is 64.7 Å². The van der Waals surface area contributed by atoms with Gasteiger partial charge in [0.2, 0.25) is 0 Å². The SMILES string of the molecule is CCCN1C(=O)N2CCNC2=C2NC(C34CCC(CCC(=O)O)(CC3)CC4)=NC21. The van der Waals surface area contributed by atoms with Crippen LogP contribution >= 0.6 is 0 Å². The van der Waals surface area contributed by atoms with Gasteiger partial charge in [0.05, 0.1) is 0 Å². The molecule has 3 heterocycles. The summed E-state index contributed by atoms with van der Waals surface area (Å²) >= 11 is 0. The zero-order valence-electron chi connectivity index (χ0n) is 17.2. The topological polar surface area (TPSA) is 97.3 Å². The number of nitrogens with one attached hydrogen (secondary N) is 2. The van der Waals surface area contributed by atoms with Crippen LogP contribution < -0.4 is 10.6 Å². The van der Waals surface area contributed by atoms with Crippen LogP contribution in [0.2, 0.25) is 0 Å². The Kier molecular flexibility index (Phi) is 4.29. The molecule has 2 amide bonds. The van der Waals surface area contributed by atoms with Crippen LogP contribution in [0.25, 0.3) is 0 Å². The summed E-state index contributed by atoms with van der Waals surface area (Å²) in [5.74, 6) is 1.28. The van der Waals surface area contributed by atoms with E-state index < -0.39 is 5.97 Å². The zero-order chi connectivity index (χ0) is 20.2. The van der Waals surface area contributed by atoms with Crippen molar-refractivity contribution in [2.45, 2.75) is 70.9 Å². The van der Waals surface area contributed by atoms with Crippen molar-refractivity contribution in [2.24, 2.45) is 15.8 Å². The van der Waals surface area contributed by atoms with Gasteiger partial charge < -0.3 is 15.7 Å². The number of fused-ring (bicyclic) bond motifs is 5. The Morgan fingerprint density at radius 2 is 1.97 bits per heavy atom. The number of nitrogens with zero attached hydrogens (tertiary/aromatic N) is 3. The summed E-state index contributed by atoms with van der Waals surface area (Å²) in [6.45, 7) is 4.30. The third-order valence-electron chi connectivity index (χ3n) is 7.93. The van der Waals surface area contributed by atoms with Crippen molar-refractivity contribution in [1.29, 1.82) is 0 Å². The highest BCUT2D eigenvalue weighted by atomic mass is 16.4. The van der Waals surface area contributed by atoms with E-state index in [4.69, 9.17) is 10.1 Å². The lowest BCUT2D eigenvalue weighted by Gasteiger charge is -2.53. The normalized spacial score (nSPS) is 35.3. The van der Waals surface area contributed by atoms with Gasteiger partial charge in [-0.25, -0.2) is 9.79 Å². The number of hydrogen-bond donors (Lipinski definition) is 3.